The molecule has 88 valence electrons. The number of nitrogens with two attached hydrogens (primary N) is 1. The highest BCUT2D eigenvalue weighted by Crippen LogP contribution is 2.19. The Morgan fingerprint density at radius 1 is 1.07 bits per heavy atom. The lowest BCUT2D eigenvalue weighted by Crippen LogP contribution is -2.40. The van der Waals surface area contributed by atoms with Gasteiger partial charge in [-0.15, -0.1) is 0 Å². The Balaban J connectivity index is 1.60. The van der Waals surface area contributed by atoms with E-state index in [9.17, 15) is 0 Å². The van der Waals surface area contributed by atoms with Crippen LogP contribution >= 0.6 is 0 Å². The van der Waals surface area contributed by atoms with Crippen LogP contribution in [0.3, 0.4) is 0 Å². The molecule has 0 aliphatic carbocycles. The van der Waals surface area contributed by atoms with Crippen LogP contribution in [-0.2, 0) is 4.74 Å². The molecular formula is C12H24N2O. The maximum absolute atomic E-state index is 5.89. The Morgan fingerprint density at radius 2 is 1.73 bits per heavy atom. The lowest BCUT2D eigenvalue weighted by Gasteiger charge is -2.31. The normalized spacial score (nSPS) is 27.0. The van der Waals surface area contributed by atoms with E-state index in [0.29, 0.717) is 6.04 Å². The largest absolute Gasteiger partial charge is 0.381 e. The van der Waals surface area contributed by atoms with E-state index in [2.05, 4.69) is 4.90 Å². The van der Waals surface area contributed by atoms with Crippen molar-refractivity contribution in [1.82, 2.24) is 4.90 Å². The van der Waals surface area contributed by atoms with Gasteiger partial charge in [0.1, 0.15) is 0 Å². The molecule has 0 aromatic rings. The molecule has 3 nitrogen and oxygen atoms in total. The highest BCUT2D eigenvalue weighted by molar-refractivity contribution is 4.75. The molecule has 2 rings (SSSR count). The second-order valence-electron chi connectivity index (χ2n) is 5.02. The number of hydrogen-bond acceptors (Lipinski definition) is 3. The summed E-state index contributed by atoms with van der Waals surface area (Å²) in [5.74, 6) is 0.911. The second-order valence-corrected chi connectivity index (χ2v) is 5.02. The minimum atomic E-state index is 0.462. The molecule has 0 spiro atoms. The third-order valence-electron chi connectivity index (χ3n) is 3.83. The first-order valence-electron chi connectivity index (χ1n) is 6.40. The van der Waals surface area contributed by atoms with Crippen LogP contribution in [-0.4, -0.2) is 43.8 Å². The van der Waals surface area contributed by atoms with Gasteiger partial charge in [-0.2, -0.15) is 0 Å². The molecule has 2 fully saturated rings. The molecule has 0 bridgehead atoms. The van der Waals surface area contributed by atoms with Gasteiger partial charge in [0.15, 0.2) is 0 Å². The van der Waals surface area contributed by atoms with Gasteiger partial charge in [-0.1, -0.05) is 0 Å². The Labute approximate surface area is 93.0 Å². The minimum Gasteiger partial charge on any atom is -0.381 e. The first kappa shape index (κ1) is 11.4. The smallest absolute Gasteiger partial charge is 0.0468 e. The van der Waals surface area contributed by atoms with Gasteiger partial charge in [-0.25, -0.2) is 0 Å². The fraction of sp³-hybridized carbons (Fsp3) is 1.00. The molecule has 0 radical (unpaired) electrons. The van der Waals surface area contributed by atoms with Crippen LogP contribution in [0.25, 0.3) is 0 Å². The predicted octanol–water partition coefficient (Wildman–Crippen LogP) is 1.23. The van der Waals surface area contributed by atoms with Gasteiger partial charge in [0.05, 0.1) is 0 Å². The van der Waals surface area contributed by atoms with E-state index in [1.54, 1.807) is 0 Å². The van der Waals surface area contributed by atoms with E-state index < -0.39 is 0 Å². The van der Waals surface area contributed by atoms with Crippen molar-refractivity contribution in [2.24, 2.45) is 11.7 Å². The van der Waals surface area contributed by atoms with E-state index in [-0.39, 0.29) is 0 Å². The quantitative estimate of drug-likeness (QED) is 0.764. The van der Waals surface area contributed by atoms with Crippen molar-refractivity contribution < 1.29 is 4.74 Å². The summed E-state index contributed by atoms with van der Waals surface area (Å²) in [6, 6.07) is 0.462. The SMILES string of the molecule is NC1CCN(CCC2CCOCC2)CC1. The fourth-order valence-electron chi connectivity index (χ4n) is 2.58. The zero-order valence-corrected chi connectivity index (χ0v) is 9.66. The zero-order chi connectivity index (χ0) is 10.5. The van der Waals surface area contributed by atoms with E-state index in [1.807, 2.05) is 0 Å². The first-order chi connectivity index (χ1) is 7.34. The standard InChI is InChI=1S/C12H24N2O/c13-12-2-7-14(8-3-12)6-1-11-4-9-15-10-5-11/h11-12H,1-10,13H2. The van der Waals surface area contributed by atoms with Gasteiger partial charge in [0.25, 0.3) is 0 Å². The molecule has 2 heterocycles. The molecule has 2 aliphatic heterocycles. The summed E-state index contributed by atoms with van der Waals surface area (Å²) in [4.78, 5) is 2.58. The molecular weight excluding hydrogens is 188 g/mol. The summed E-state index contributed by atoms with van der Waals surface area (Å²) in [7, 11) is 0. The lowest BCUT2D eigenvalue weighted by atomic mass is 9.96. The van der Waals surface area contributed by atoms with Crippen LogP contribution in [0.2, 0.25) is 0 Å². The molecule has 0 saturated carbocycles. The Bertz CT molecular complexity index is 172. The maximum atomic E-state index is 5.89. The monoisotopic (exact) mass is 212 g/mol. The zero-order valence-electron chi connectivity index (χ0n) is 9.66. The lowest BCUT2D eigenvalue weighted by molar-refractivity contribution is 0.0589. The van der Waals surface area contributed by atoms with Crippen molar-refractivity contribution in [1.29, 1.82) is 0 Å². The summed E-state index contributed by atoms with van der Waals surface area (Å²) >= 11 is 0. The van der Waals surface area contributed by atoms with Crippen LogP contribution in [0.4, 0.5) is 0 Å². The molecule has 0 aromatic heterocycles. The third-order valence-corrected chi connectivity index (χ3v) is 3.83. The second kappa shape index (κ2) is 5.83. The number of ether oxygens (including phenoxy) is 1. The van der Waals surface area contributed by atoms with E-state index in [1.165, 1.54) is 51.7 Å². The van der Waals surface area contributed by atoms with Crippen LogP contribution in [0.15, 0.2) is 0 Å². The van der Waals surface area contributed by atoms with Gasteiger partial charge in [0.2, 0.25) is 0 Å². The van der Waals surface area contributed by atoms with E-state index >= 15 is 0 Å². The number of hydrogen-bond donors (Lipinski definition) is 1. The average molecular weight is 212 g/mol. The fourth-order valence-corrected chi connectivity index (χ4v) is 2.58. The van der Waals surface area contributed by atoms with Crippen molar-refractivity contribution in [3.63, 3.8) is 0 Å². The van der Waals surface area contributed by atoms with E-state index in [4.69, 9.17) is 10.5 Å². The molecule has 2 N–H and O–H groups in total. The summed E-state index contributed by atoms with van der Waals surface area (Å²) in [5.41, 5.74) is 5.89. The number of piperidine rings is 1. The van der Waals surface area contributed by atoms with Crippen molar-refractivity contribution in [3.8, 4) is 0 Å². The molecule has 3 heteroatoms. The highest BCUT2D eigenvalue weighted by atomic mass is 16.5. The highest BCUT2D eigenvalue weighted by Gasteiger charge is 2.18. The summed E-state index contributed by atoms with van der Waals surface area (Å²) < 4.78 is 5.38. The molecule has 0 atom stereocenters. The van der Waals surface area contributed by atoms with Crippen LogP contribution in [0.1, 0.15) is 32.1 Å². The number of nitrogens with zero attached hydrogens (tertiary/aromatic N) is 1. The van der Waals surface area contributed by atoms with Gasteiger partial charge in [-0.3, -0.25) is 0 Å². The minimum absolute atomic E-state index is 0.462. The number of likely N-dealkylation sites (tertiary alicyclic amines) is 1. The van der Waals surface area contributed by atoms with Gasteiger partial charge in [0, 0.05) is 19.3 Å². The van der Waals surface area contributed by atoms with Gasteiger partial charge >= 0.3 is 0 Å². The van der Waals surface area contributed by atoms with Crippen molar-refractivity contribution >= 4 is 0 Å². The number of rotatable bonds is 3. The summed E-state index contributed by atoms with van der Waals surface area (Å²) in [6.45, 7) is 5.66. The molecule has 2 saturated heterocycles. The van der Waals surface area contributed by atoms with Crippen molar-refractivity contribution in [2.75, 3.05) is 32.8 Å². The molecule has 15 heavy (non-hydrogen) atoms. The van der Waals surface area contributed by atoms with Gasteiger partial charge < -0.3 is 15.4 Å². The van der Waals surface area contributed by atoms with Crippen molar-refractivity contribution in [3.05, 3.63) is 0 Å². The summed E-state index contributed by atoms with van der Waals surface area (Å²) in [6.07, 6.45) is 6.28. The van der Waals surface area contributed by atoms with E-state index in [0.717, 1.165) is 19.1 Å². The van der Waals surface area contributed by atoms with Crippen molar-refractivity contribution in [2.45, 2.75) is 38.1 Å². The third kappa shape index (κ3) is 3.74. The summed E-state index contributed by atoms with van der Waals surface area (Å²) in [5, 5.41) is 0. The van der Waals surface area contributed by atoms with Crippen LogP contribution in [0, 0.1) is 5.92 Å². The van der Waals surface area contributed by atoms with Crippen LogP contribution < -0.4 is 5.73 Å². The molecule has 0 amide bonds. The topological polar surface area (TPSA) is 38.5 Å². The molecule has 2 aliphatic rings. The Morgan fingerprint density at radius 3 is 2.40 bits per heavy atom. The average Bonchev–Trinajstić information content (AvgIpc) is 2.30. The van der Waals surface area contributed by atoms with Crippen LogP contribution in [0.5, 0.6) is 0 Å². The predicted molar refractivity (Wildman–Crippen MR) is 61.8 cm³/mol. The Hall–Kier alpha value is -0.120. The van der Waals surface area contributed by atoms with Gasteiger partial charge in [-0.05, 0) is 57.7 Å². The Kier molecular flexibility index (Phi) is 4.42. The first-order valence-corrected chi connectivity index (χ1v) is 6.40. The maximum Gasteiger partial charge on any atom is 0.0468 e. The molecule has 0 unspecified atom stereocenters. The molecule has 0 aromatic carbocycles.